The predicted molar refractivity (Wildman–Crippen MR) is 147 cm³/mol. The molecule has 0 saturated carbocycles. The topological polar surface area (TPSA) is 86.8 Å². The molecule has 1 aliphatic rings. The molecule has 0 spiro atoms. The molecule has 1 atom stereocenters. The number of benzene rings is 3. The summed E-state index contributed by atoms with van der Waals surface area (Å²) in [4.78, 5) is 28.2. The molecule has 3 aromatic rings. The highest BCUT2D eigenvalue weighted by atomic mass is 32.2. The molecule has 2 amide bonds. The van der Waals surface area contributed by atoms with Crippen LogP contribution >= 0.6 is 0 Å². The highest BCUT2D eigenvalue weighted by Crippen LogP contribution is 2.42. The molecule has 0 aliphatic carbocycles. The molecule has 196 valence electrons. The zero-order valence-electron chi connectivity index (χ0n) is 21.7. The number of aryl methyl sites for hydroxylation is 1. The number of anilines is 1. The number of hydrogen-bond donors (Lipinski definition) is 1. The summed E-state index contributed by atoms with van der Waals surface area (Å²) in [5, 5.41) is 4.54. The number of amides is 2. The van der Waals surface area contributed by atoms with Gasteiger partial charge in [0.15, 0.2) is 0 Å². The SMILES string of the molecule is CCCCNC(=O)[C@@H](C)N(Cc1cccc(C)c1)C(=O)CCCN1c2cccc3cccc(c23)S1(=O)=O. The minimum atomic E-state index is -3.67. The Morgan fingerprint density at radius 3 is 2.49 bits per heavy atom. The second-order valence-electron chi connectivity index (χ2n) is 9.64. The van der Waals surface area contributed by atoms with Crippen molar-refractivity contribution in [2.45, 2.75) is 63.9 Å². The fourth-order valence-corrected chi connectivity index (χ4v) is 6.59. The molecule has 0 bridgehead atoms. The van der Waals surface area contributed by atoms with E-state index in [1.54, 1.807) is 24.0 Å². The average Bonchev–Trinajstić information content (AvgIpc) is 3.10. The van der Waals surface area contributed by atoms with E-state index in [0.29, 0.717) is 30.1 Å². The van der Waals surface area contributed by atoms with Crippen LogP contribution in [-0.4, -0.2) is 44.3 Å². The monoisotopic (exact) mass is 521 g/mol. The molecule has 1 N–H and O–H groups in total. The van der Waals surface area contributed by atoms with Crippen LogP contribution in [0.3, 0.4) is 0 Å². The van der Waals surface area contributed by atoms with Gasteiger partial charge < -0.3 is 10.2 Å². The van der Waals surface area contributed by atoms with E-state index in [9.17, 15) is 18.0 Å². The van der Waals surface area contributed by atoms with E-state index in [0.717, 1.165) is 34.7 Å². The lowest BCUT2D eigenvalue weighted by molar-refractivity contribution is -0.140. The maximum Gasteiger partial charge on any atom is 0.265 e. The first kappa shape index (κ1) is 26.7. The smallest absolute Gasteiger partial charge is 0.265 e. The van der Waals surface area contributed by atoms with E-state index < -0.39 is 16.1 Å². The van der Waals surface area contributed by atoms with Crippen LogP contribution in [0.5, 0.6) is 0 Å². The van der Waals surface area contributed by atoms with E-state index in [1.165, 1.54) is 4.31 Å². The van der Waals surface area contributed by atoms with Crippen LogP contribution in [0.25, 0.3) is 10.8 Å². The zero-order valence-corrected chi connectivity index (χ0v) is 22.6. The fraction of sp³-hybridized carbons (Fsp3) is 0.379. The third-order valence-corrected chi connectivity index (χ3v) is 8.72. The van der Waals surface area contributed by atoms with Gasteiger partial charge in [-0.05, 0) is 49.8 Å². The molecule has 0 fully saturated rings. The van der Waals surface area contributed by atoms with Gasteiger partial charge in [0.25, 0.3) is 10.0 Å². The van der Waals surface area contributed by atoms with Gasteiger partial charge in [0, 0.05) is 31.4 Å². The summed E-state index contributed by atoms with van der Waals surface area (Å²) in [6, 6.07) is 18.1. The first-order valence-corrected chi connectivity index (χ1v) is 14.3. The second kappa shape index (κ2) is 11.3. The number of unbranched alkanes of at least 4 members (excludes halogenated alkanes) is 1. The summed E-state index contributed by atoms with van der Waals surface area (Å²) in [7, 11) is -3.67. The van der Waals surface area contributed by atoms with Crippen LogP contribution in [0.1, 0.15) is 50.7 Å². The Hall–Kier alpha value is -3.39. The minimum Gasteiger partial charge on any atom is -0.354 e. The molecule has 0 radical (unpaired) electrons. The van der Waals surface area contributed by atoms with E-state index in [-0.39, 0.29) is 24.8 Å². The van der Waals surface area contributed by atoms with Gasteiger partial charge in [-0.15, -0.1) is 0 Å². The Morgan fingerprint density at radius 1 is 1.03 bits per heavy atom. The first-order chi connectivity index (χ1) is 17.7. The summed E-state index contributed by atoms with van der Waals surface area (Å²) < 4.78 is 27.9. The fourth-order valence-electron chi connectivity index (χ4n) is 4.84. The molecule has 4 rings (SSSR count). The van der Waals surface area contributed by atoms with Gasteiger partial charge in [-0.1, -0.05) is 67.4 Å². The van der Waals surface area contributed by atoms with Crippen LogP contribution in [0.15, 0.2) is 65.6 Å². The van der Waals surface area contributed by atoms with Gasteiger partial charge in [-0.3, -0.25) is 13.9 Å². The largest absolute Gasteiger partial charge is 0.354 e. The number of nitrogens with one attached hydrogen (secondary N) is 1. The van der Waals surface area contributed by atoms with Gasteiger partial charge >= 0.3 is 0 Å². The van der Waals surface area contributed by atoms with Gasteiger partial charge in [0.2, 0.25) is 11.8 Å². The number of carbonyl (C=O) groups is 2. The van der Waals surface area contributed by atoms with Crippen LogP contribution in [0, 0.1) is 6.92 Å². The van der Waals surface area contributed by atoms with E-state index in [4.69, 9.17) is 0 Å². The van der Waals surface area contributed by atoms with Crippen molar-refractivity contribution < 1.29 is 18.0 Å². The molecular formula is C29H35N3O4S. The van der Waals surface area contributed by atoms with Crippen molar-refractivity contribution in [3.63, 3.8) is 0 Å². The number of rotatable bonds is 11. The average molecular weight is 522 g/mol. The Bertz CT molecular complexity index is 1400. The first-order valence-electron chi connectivity index (χ1n) is 12.9. The Morgan fingerprint density at radius 2 is 1.76 bits per heavy atom. The normalized spacial score (nSPS) is 14.5. The molecule has 37 heavy (non-hydrogen) atoms. The van der Waals surface area contributed by atoms with Crippen LogP contribution in [0.2, 0.25) is 0 Å². The quantitative estimate of drug-likeness (QED) is 0.368. The van der Waals surface area contributed by atoms with E-state index >= 15 is 0 Å². The van der Waals surface area contributed by atoms with Crippen molar-refractivity contribution in [2.75, 3.05) is 17.4 Å². The molecule has 0 unspecified atom stereocenters. The van der Waals surface area contributed by atoms with E-state index in [2.05, 4.69) is 12.2 Å². The van der Waals surface area contributed by atoms with Gasteiger partial charge in [0.05, 0.1) is 10.6 Å². The molecule has 0 aromatic heterocycles. The van der Waals surface area contributed by atoms with Crippen molar-refractivity contribution in [1.29, 1.82) is 0 Å². The third kappa shape index (κ3) is 5.64. The summed E-state index contributed by atoms with van der Waals surface area (Å²) in [5.41, 5.74) is 2.68. The number of carbonyl (C=O) groups excluding carboxylic acids is 2. The van der Waals surface area contributed by atoms with E-state index in [1.807, 2.05) is 55.5 Å². The Labute approximate surface area is 219 Å². The van der Waals surface area contributed by atoms with Crippen LogP contribution < -0.4 is 9.62 Å². The Balaban J connectivity index is 1.48. The molecule has 1 aliphatic heterocycles. The highest BCUT2D eigenvalue weighted by Gasteiger charge is 2.35. The summed E-state index contributed by atoms with van der Waals surface area (Å²) in [5.74, 6) is -0.356. The van der Waals surface area contributed by atoms with Gasteiger partial charge in [0.1, 0.15) is 6.04 Å². The van der Waals surface area contributed by atoms with Crippen molar-refractivity contribution >= 4 is 38.3 Å². The summed E-state index contributed by atoms with van der Waals surface area (Å²) in [6.07, 6.45) is 2.33. The maximum absolute atomic E-state index is 13.4. The number of nitrogens with zero attached hydrogens (tertiary/aromatic N) is 2. The van der Waals surface area contributed by atoms with Crippen molar-refractivity contribution in [2.24, 2.45) is 0 Å². The number of hydrogen-bond acceptors (Lipinski definition) is 4. The molecule has 1 heterocycles. The lowest BCUT2D eigenvalue weighted by Crippen LogP contribution is -2.47. The van der Waals surface area contributed by atoms with Crippen molar-refractivity contribution in [1.82, 2.24) is 10.2 Å². The lowest BCUT2D eigenvalue weighted by atomic mass is 10.1. The van der Waals surface area contributed by atoms with Crippen molar-refractivity contribution in [3.8, 4) is 0 Å². The molecule has 3 aromatic carbocycles. The lowest BCUT2D eigenvalue weighted by Gasteiger charge is -2.29. The molecule has 8 heteroatoms. The standard InChI is InChI=1S/C29H35N3O4S/c1-4-5-17-30-29(34)22(3)31(20-23-11-6-10-21(2)19-23)27(33)16-9-18-32-25-14-7-12-24-13-8-15-26(28(24)25)37(32,35)36/h6-8,10-15,19,22H,4-5,9,16-18,20H2,1-3H3,(H,30,34)/t22-/m1/s1. The molecule has 0 saturated heterocycles. The predicted octanol–water partition coefficient (Wildman–Crippen LogP) is 4.77. The van der Waals surface area contributed by atoms with Gasteiger partial charge in [-0.25, -0.2) is 8.42 Å². The maximum atomic E-state index is 13.4. The van der Waals surface area contributed by atoms with Gasteiger partial charge in [-0.2, -0.15) is 0 Å². The number of sulfonamides is 1. The molecular weight excluding hydrogens is 486 g/mol. The summed E-state index contributed by atoms with van der Waals surface area (Å²) in [6.45, 7) is 6.88. The highest BCUT2D eigenvalue weighted by molar-refractivity contribution is 7.93. The Kier molecular flexibility index (Phi) is 8.17. The minimum absolute atomic E-state index is 0.136. The summed E-state index contributed by atoms with van der Waals surface area (Å²) >= 11 is 0. The zero-order chi connectivity index (χ0) is 26.6. The van der Waals surface area contributed by atoms with Crippen LogP contribution in [-0.2, 0) is 26.2 Å². The third-order valence-electron chi connectivity index (χ3n) is 6.87. The van der Waals surface area contributed by atoms with Crippen LogP contribution in [0.4, 0.5) is 5.69 Å². The second-order valence-corrected chi connectivity index (χ2v) is 11.5. The van der Waals surface area contributed by atoms with Crippen molar-refractivity contribution in [3.05, 3.63) is 71.8 Å². The molecule has 7 nitrogen and oxygen atoms in total.